The summed E-state index contributed by atoms with van der Waals surface area (Å²) in [4.78, 5) is 4.60. The SMILES string of the molecule is COc1cccc(-c2ccc3c(n2)OCCNC3)c1. The molecule has 2 aromatic rings. The summed E-state index contributed by atoms with van der Waals surface area (Å²) in [6.45, 7) is 2.31. The lowest BCUT2D eigenvalue weighted by Crippen LogP contribution is -2.16. The van der Waals surface area contributed by atoms with Gasteiger partial charge in [-0.15, -0.1) is 0 Å². The maximum Gasteiger partial charge on any atom is 0.218 e. The zero-order valence-electron chi connectivity index (χ0n) is 10.8. The van der Waals surface area contributed by atoms with Crippen molar-refractivity contribution in [2.24, 2.45) is 0 Å². The van der Waals surface area contributed by atoms with Gasteiger partial charge in [-0.1, -0.05) is 18.2 Å². The van der Waals surface area contributed by atoms with Gasteiger partial charge in [-0.2, -0.15) is 0 Å². The lowest BCUT2D eigenvalue weighted by Gasteiger charge is -2.09. The molecule has 19 heavy (non-hydrogen) atoms. The highest BCUT2D eigenvalue weighted by atomic mass is 16.5. The van der Waals surface area contributed by atoms with E-state index in [4.69, 9.17) is 9.47 Å². The molecule has 0 unspecified atom stereocenters. The molecule has 0 saturated carbocycles. The number of hydrogen-bond acceptors (Lipinski definition) is 4. The van der Waals surface area contributed by atoms with Crippen LogP contribution in [0.3, 0.4) is 0 Å². The van der Waals surface area contributed by atoms with E-state index in [1.807, 2.05) is 30.3 Å². The number of nitrogens with one attached hydrogen (secondary N) is 1. The average molecular weight is 256 g/mol. The normalized spacial score (nSPS) is 14.2. The van der Waals surface area contributed by atoms with Crippen molar-refractivity contribution >= 4 is 0 Å². The Morgan fingerprint density at radius 3 is 3.11 bits per heavy atom. The van der Waals surface area contributed by atoms with E-state index < -0.39 is 0 Å². The van der Waals surface area contributed by atoms with Gasteiger partial charge in [-0.3, -0.25) is 0 Å². The molecule has 3 rings (SSSR count). The Labute approximate surface area is 112 Å². The second kappa shape index (κ2) is 5.28. The summed E-state index contributed by atoms with van der Waals surface area (Å²) in [6.07, 6.45) is 0. The van der Waals surface area contributed by atoms with Crippen molar-refractivity contribution in [3.63, 3.8) is 0 Å². The standard InChI is InChI=1S/C15H16N2O2/c1-18-13-4-2-3-11(9-13)14-6-5-12-10-16-7-8-19-15(12)17-14/h2-6,9,16H,7-8,10H2,1H3. The number of benzene rings is 1. The molecule has 1 aliphatic rings. The minimum Gasteiger partial charge on any atom is -0.497 e. The molecular formula is C15H16N2O2. The maximum absolute atomic E-state index is 5.66. The average Bonchev–Trinajstić information content (AvgIpc) is 2.71. The summed E-state index contributed by atoms with van der Waals surface area (Å²) in [5.41, 5.74) is 3.03. The van der Waals surface area contributed by atoms with Crippen molar-refractivity contribution in [2.45, 2.75) is 6.54 Å². The number of pyridine rings is 1. The van der Waals surface area contributed by atoms with Crippen molar-refractivity contribution in [3.8, 4) is 22.9 Å². The quantitative estimate of drug-likeness (QED) is 0.895. The van der Waals surface area contributed by atoms with Gasteiger partial charge in [0.2, 0.25) is 5.88 Å². The summed E-state index contributed by atoms with van der Waals surface area (Å²) in [5, 5.41) is 3.30. The molecule has 0 radical (unpaired) electrons. The van der Waals surface area contributed by atoms with Gasteiger partial charge in [0.1, 0.15) is 12.4 Å². The third-order valence-corrected chi connectivity index (χ3v) is 3.14. The Balaban J connectivity index is 1.98. The van der Waals surface area contributed by atoms with Crippen molar-refractivity contribution in [3.05, 3.63) is 42.0 Å². The van der Waals surface area contributed by atoms with Gasteiger partial charge in [0.05, 0.1) is 12.8 Å². The second-order valence-electron chi connectivity index (χ2n) is 4.42. The van der Waals surface area contributed by atoms with Crippen LogP contribution in [-0.2, 0) is 6.54 Å². The number of aromatic nitrogens is 1. The minimum atomic E-state index is 0.654. The van der Waals surface area contributed by atoms with E-state index in [1.165, 1.54) is 0 Å². The van der Waals surface area contributed by atoms with Crippen LogP contribution in [0.4, 0.5) is 0 Å². The topological polar surface area (TPSA) is 43.4 Å². The fourth-order valence-electron chi connectivity index (χ4n) is 2.11. The van der Waals surface area contributed by atoms with Crippen LogP contribution in [0.1, 0.15) is 5.56 Å². The molecule has 0 bridgehead atoms. The van der Waals surface area contributed by atoms with E-state index in [0.717, 1.165) is 41.5 Å². The minimum absolute atomic E-state index is 0.654. The monoisotopic (exact) mass is 256 g/mol. The highest BCUT2D eigenvalue weighted by molar-refractivity contribution is 5.62. The molecule has 1 aliphatic heterocycles. The van der Waals surface area contributed by atoms with Crippen LogP contribution in [0.5, 0.6) is 11.6 Å². The highest BCUT2D eigenvalue weighted by Crippen LogP contribution is 2.26. The third-order valence-electron chi connectivity index (χ3n) is 3.14. The molecular weight excluding hydrogens is 240 g/mol. The molecule has 0 fully saturated rings. The second-order valence-corrected chi connectivity index (χ2v) is 4.42. The summed E-state index contributed by atoms with van der Waals surface area (Å²) in [5.74, 6) is 1.56. The number of rotatable bonds is 2. The third kappa shape index (κ3) is 2.53. The number of methoxy groups -OCH3 is 1. The summed E-state index contributed by atoms with van der Waals surface area (Å²) >= 11 is 0. The van der Waals surface area contributed by atoms with Crippen LogP contribution >= 0.6 is 0 Å². The zero-order valence-corrected chi connectivity index (χ0v) is 10.8. The van der Waals surface area contributed by atoms with Crippen molar-refractivity contribution in [1.29, 1.82) is 0 Å². The van der Waals surface area contributed by atoms with Crippen molar-refractivity contribution < 1.29 is 9.47 Å². The maximum atomic E-state index is 5.66. The molecule has 0 atom stereocenters. The van der Waals surface area contributed by atoms with E-state index in [-0.39, 0.29) is 0 Å². The Morgan fingerprint density at radius 1 is 1.26 bits per heavy atom. The molecule has 4 heteroatoms. The molecule has 4 nitrogen and oxygen atoms in total. The van der Waals surface area contributed by atoms with Gasteiger partial charge in [-0.05, 0) is 18.2 Å². The number of nitrogens with zero attached hydrogens (tertiary/aromatic N) is 1. The lowest BCUT2D eigenvalue weighted by molar-refractivity contribution is 0.314. The molecule has 98 valence electrons. The molecule has 0 saturated heterocycles. The van der Waals surface area contributed by atoms with Gasteiger partial charge < -0.3 is 14.8 Å². The first-order chi connectivity index (χ1) is 9.36. The van der Waals surface area contributed by atoms with Crippen molar-refractivity contribution in [1.82, 2.24) is 10.3 Å². The Bertz CT molecular complexity index is 584. The Kier molecular flexibility index (Phi) is 3.33. The molecule has 2 heterocycles. The van der Waals surface area contributed by atoms with Gasteiger partial charge >= 0.3 is 0 Å². The molecule has 1 aromatic heterocycles. The first-order valence-corrected chi connectivity index (χ1v) is 6.35. The smallest absolute Gasteiger partial charge is 0.218 e. The molecule has 0 spiro atoms. The first kappa shape index (κ1) is 12.0. The van der Waals surface area contributed by atoms with Crippen LogP contribution in [0.25, 0.3) is 11.3 Å². The van der Waals surface area contributed by atoms with Gasteiger partial charge in [0, 0.05) is 24.2 Å². The highest BCUT2D eigenvalue weighted by Gasteiger charge is 2.11. The van der Waals surface area contributed by atoms with Crippen molar-refractivity contribution in [2.75, 3.05) is 20.3 Å². The number of hydrogen-bond donors (Lipinski definition) is 1. The van der Waals surface area contributed by atoms with Crippen LogP contribution < -0.4 is 14.8 Å². The summed E-state index contributed by atoms with van der Waals surface area (Å²) < 4.78 is 10.9. The van der Waals surface area contributed by atoms with Gasteiger partial charge in [-0.25, -0.2) is 4.98 Å². The molecule has 1 aromatic carbocycles. The van der Waals surface area contributed by atoms with E-state index in [0.29, 0.717) is 6.61 Å². The van der Waals surface area contributed by atoms with E-state index in [2.05, 4.69) is 16.4 Å². The molecule has 1 N–H and O–H groups in total. The predicted octanol–water partition coefficient (Wildman–Crippen LogP) is 2.24. The lowest BCUT2D eigenvalue weighted by atomic mass is 10.1. The van der Waals surface area contributed by atoms with Gasteiger partial charge in [0.25, 0.3) is 0 Å². The van der Waals surface area contributed by atoms with Crippen LogP contribution in [0, 0.1) is 0 Å². The summed E-state index contributed by atoms with van der Waals surface area (Å²) in [6, 6.07) is 12.0. The van der Waals surface area contributed by atoms with Crippen LogP contribution in [0.2, 0.25) is 0 Å². The predicted molar refractivity (Wildman–Crippen MR) is 73.4 cm³/mol. The van der Waals surface area contributed by atoms with Crippen LogP contribution in [0.15, 0.2) is 36.4 Å². The fraction of sp³-hybridized carbons (Fsp3) is 0.267. The van der Waals surface area contributed by atoms with E-state index in [9.17, 15) is 0 Å². The Hall–Kier alpha value is -2.07. The van der Waals surface area contributed by atoms with Crippen LogP contribution in [-0.4, -0.2) is 25.2 Å². The van der Waals surface area contributed by atoms with E-state index in [1.54, 1.807) is 7.11 Å². The number of fused-ring (bicyclic) bond motifs is 1. The van der Waals surface area contributed by atoms with Gasteiger partial charge in [0.15, 0.2) is 0 Å². The largest absolute Gasteiger partial charge is 0.497 e. The number of ether oxygens (including phenoxy) is 2. The molecule has 0 aliphatic carbocycles. The Morgan fingerprint density at radius 2 is 2.21 bits per heavy atom. The summed E-state index contributed by atoms with van der Waals surface area (Å²) in [7, 11) is 1.67. The van der Waals surface area contributed by atoms with E-state index >= 15 is 0 Å². The fourth-order valence-corrected chi connectivity index (χ4v) is 2.11. The zero-order chi connectivity index (χ0) is 13.1. The first-order valence-electron chi connectivity index (χ1n) is 6.35. The molecule has 0 amide bonds.